The number of carbonyl (C=O) groups excluding carboxylic acids is 2. The first-order valence-corrected chi connectivity index (χ1v) is 13.8. The van der Waals surface area contributed by atoms with E-state index < -0.39 is 5.60 Å². The normalized spacial score (nSPS) is 18.6. The van der Waals surface area contributed by atoms with E-state index >= 15 is 0 Å². The van der Waals surface area contributed by atoms with E-state index in [0.29, 0.717) is 41.4 Å². The van der Waals surface area contributed by atoms with Gasteiger partial charge in [0, 0.05) is 31.4 Å². The lowest BCUT2D eigenvalue weighted by Gasteiger charge is -2.24. The van der Waals surface area contributed by atoms with Crippen LogP contribution >= 0.6 is 22.9 Å². The van der Waals surface area contributed by atoms with Gasteiger partial charge in [-0.3, -0.25) is 4.79 Å². The standard InChI is InChI=1S/C27H34ClN3O5S/c1-17(30-24(32)19-11-12-31(15-19)26(33)36-27(2,3)4)5-9-21-14-29-25(37-21)35-23-10-8-20(13-22(23)28)34-16-18-6-7-18/h5,8-10,13-14,17-19H,6-7,11-12,15-16H2,1-4H3,(H,30,32)/b9-5+/t17-,19-/m0/s1. The topological polar surface area (TPSA) is 90.0 Å². The van der Waals surface area contributed by atoms with Crippen LogP contribution in [0.4, 0.5) is 4.79 Å². The Hall–Kier alpha value is -2.78. The van der Waals surface area contributed by atoms with E-state index in [0.717, 1.165) is 17.2 Å². The van der Waals surface area contributed by atoms with Crippen LogP contribution in [0.3, 0.4) is 0 Å². The maximum atomic E-state index is 12.7. The molecule has 8 nitrogen and oxygen atoms in total. The molecule has 0 spiro atoms. The lowest BCUT2D eigenvalue weighted by atomic mass is 10.1. The second kappa shape index (κ2) is 11.7. The summed E-state index contributed by atoms with van der Waals surface area (Å²) in [6.45, 7) is 8.99. The fourth-order valence-electron chi connectivity index (χ4n) is 3.74. The van der Waals surface area contributed by atoms with E-state index in [4.69, 9.17) is 25.8 Å². The SMILES string of the molecule is C[C@@H](/C=C/c1cnc(Oc2ccc(OCC3CC3)cc2Cl)s1)NC(=O)[C@H]1CCN(C(=O)OC(C)(C)C)C1. The van der Waals surface area contributed by atoms with Gasteiger partial charge in [-0.05, 0) is 71.1 Å². The molecule has 1 aliphatic carbocycles. The summed E-state index contributed by atoms with van der Waals surface area (Å²) in [5.41, 5.74) is -0.556. The highest BCUT2D eigenvalue weighted by Crippen LogP contribution is 2.35. The molecule has 1 saturated heterocycles. The van der Waals surface area contributed by atoms with Crippen LogP contribution in [0.15, 0.2) is 30.5 Å². The second-order valence-corrected chi connectivity index (χ2v) is 12.0. The second-order valence-electron chi connectivity index (χ2n) is 10.5. The van der Waals surface area contributed by atoms with E-state index in [2.05, 4.69) is 10.3 Å². The number of carbonyl (C=O) groups is 2. The van der Waals surface area contributed by atoms with Crippen LogP contribution in [0, 0.1) is 11.8 Å². The number of ether oxygens (including phenoxy) is 3. The van der Waals surface area contributed by atoms with Crippen LogP contribution in [0.1, 0.15) is 51.8 Å². The molecule has 10 heteroatoms. The summed E-state index contributed by atoms with van der Waals surface area (Å²) >= 11 is 7.74. The number of rotatable bonds is 9. The Morgan fingerprint density at radius 1 is 1.30 bits per heavy atom. The van der Waals surface area contributed by atoms with E-state index in [-0.39, 0.29) is 24.0 Å². The van der Waals surface area contributed by atoms with E-state index in [1.807, 2.05) is 45.9 Å². The molecule has 2 atom stereocenters. The third kappa shape index (κ3) is 8.36. The Morgan fingerprint density at radius 2 is 2.08 bits per heavy atom. The zero-order valence-electron chi connectivity index (χ0n) is 21.7. The van der Waals surface area contributed by atoms with Gasteiger partial charge >= 0.3 is 6.09 Å². The van der Waals surface area contributed by atoms with Crippen molar-refractivity contribution in [2.45, 2.75) is 58.6 Å². The molecule has 0 bridgehead atoms. The molecule has 1 saturated carbocycles. The summed E-state index contributed by atoms with van der Waals surface area (Å²) in [5.74, 6) is 1.60. The largest absolute Gasteiger partial charge is 0.493 e. The molecule has 1 aromatic carbocycles. The number of aromatic nitrogens is 1. The zero-order chi connectivity index (χ0) is 26.6. The number of hydrogen-bond donors (Lipinski definition) is 1. The van der Waals surface area contributed by atoms with Gasteiger partial charge in [-0.1, -0.05) is 29.0 Å². The first kappa shape index (κ1) is 27.3. The average Bonchev–Trinajstić information content (AvgIpc) is 3.32. The van der Waals surface area contributed by atoms with Crippen LogP contribution in [0.2, 0.25) is 5.02 Å². The van der Waals surface area contributed by atoms with E-state index in [9.17, 15) is 9.59 Å². The van der Waals surface area contributed by atoms with Crippen molar-refractivity contribution in [3.63, 3.8) is 0 Å². The molecule has 1 aromatic heterocycles. The third-order valence-electron chi connectivity index (χ3n) is 5.92. The van der Waals surface area contributed by atoms with E-state index in [1.54, 1.807) is 23.2 Å². The molecule has 1 aliphatic heterocycles. The highest BCUT2D eigenvalue weighted by molar-refractivity contribution is 7.14. The molecular weight excluding hydrogens is 514 g/mol. The van der Waals surface area contributed by atoms with Crippen molar-refractivity contribution in [2.75, 3.05) is 19.7 Å². The number of nitrogens with zero attached hydrogens (tertiary/aromatic N) is 2. The fraction of sp³-hybridized carbons (Fsp3) is 0.519. The highest BCUT2D eigenvalue weighted by atomic mass is 35.5. The number of halogens is 1. The predicted molar refractivity (Wildman–Crippen MR) is 144 cm³/mol. The maximum Gasteiger partial charge on any atom is 0.410 e. The number of hydrogen-bond acceptors (Lipinski definition) is 7. The highest BCUT2D eigenvalue weighted by Gasteiger charge is 2.33. The molecule has 2 fully saturated rings. The molecule has 4 rings (SSSR count). The minimum absolute atomic E-state index is 0.0734. The molecule has 200 valence electrons. The molecule has 2 aromatic rings. The fourth-order valence-corrected chi connectivity index (χ4v) is 4.64. The summed E-state index contributed by atoms with van der Waals surface area (Å²) in [7, 11) is 0. The molecular formula is C27H34ClN3O5S. The Morgan fingerprint density at radius 3 is 2.78 bits per heavy atom. The molecule has 2 aliphatic rings. The van der Waals surface area contributed by atoms with Gasteiger partial charge in [0.15, 0.2) is 0 Å². The van der Waals surface area contributed by atoms with Gasteiger partial charge in [0.25, 0.3) is 5.19 Å². The number of benzene rings is 1. The van der Waals surface area contributed by atoms with Gasteiger partial charge in [0.2, 0.25) is 5.91 Å². The quantitative estimate of drug-likeness (QED) is 0.405. The molecule has 0 radical (unpaired) electrons. The summed E-state index contributed by atoms with van der Waals surface area (Å²) in [6, 6.07) is 5.20. The predicted octanol–water partition coefficient (Wildman–Crippen LogP) is 6.15. The summed E-state index contributed by atoms with van der Waals surface area (Å²) in [6.07, 6.45) is 8.21. The Labute approximate surface area is 226 Å². The molecule has 0 unspecified atom stereocenters. The zero-order valence-corrected chi connectivity index (χ0v) is 23.2. The van der Waals surface area contributed by atoms with Gasteiger partial charge in [0.1, 0.15) is 17.1 Å². The lowest BCUT2D eigenvalue weighted by molar-refractivity contribution is -0.124. The van der Waals surface area contributed by atoms with Crippen molar-refractivity contribution in [3.8, 4) is 16.7 Å². The maximum absolute atomic E-state index is 12.7. The van der Waals surface area contributed by atoms with Crippen LogP contribution in [-0.2, 0) is 9.53 Å². The first-order valence-electron chi connectivity index (χ1n) is 12.6. The minimum atomic E-state index is -0.556. The Balaban J connectivity index is 1.23. The van der Waals surface area contributed by atoms with E-state index in [1.165, 1.54) is 24.2 Å². The average molecular weight is 548 g/mol. The van der Waals surface area contributed by atoms with Crippen LogP contribution in [0.25, 0.3) is 6.08 Å². The Kier molecular flexibility index (Phi) is 8.64. The molecule has 2 amide bonds. The van der Waals surface area contributed by atoms with Crippen molar-refractivity contribution in [1.29, 1.82) is 0 Å². The summed E-state index contributed by atoms with van der Waals surface area (Å²) in [4.78, 5) is 31.7. The van der Waals surface area contributed by atoms with Crippen molar-refractivity contribution >= 4 is 41.0 Å². The van der Waals surface area contributed by atoms with Gasteiger partial charge in [-0.2, -0.15) is 0 Å². The third-order valence-corrected chi connectivity index (χ3v) is 7.05. The smallest absolute Gasteiger partial charge is 0.410 e. The lowest BCUT2D eigenvalue weighted by Crippen LogP contribution is -2.39. The number of amides is 2. The van der Waals surface area contributed by atoms with Gasteiger partial charge in [-0.25, -0.2) is 9.78 Å². The van der Waals surface area contributed by atoms with Gasteiger partial charge in [-0.15, -0.1) is 0 Å². The van der Waals surface area contributed by atoms with Crippen molar-refractivity contribution in [2.24, 2.45) is 11.8 Å². The minimum Gasteiger partial charge on any atom is -0.493 e. The summed E-state index contributed by atoms with van der Waals surface area (Å²) < 4.78 is 17.0. The number of nitrogens with one attached hydrogen (secondary N) is 1. The number of likely N-dealkylation sites (tertiary alicyclic amines) is 1. The summed E-state index contributed by atoms with van der Waals surface area (Å²) in [5, 5.41) is 3.94. The molecule has 1 N–H and O–H groups in total. The number of thiazole rings is 1. The van der Waals surface area contributed by atoms with Crippen molar-refractivity contribution in [1.82, 2.24) is 15.2 Å². The van der Waals surface area contributed by atoms with Crippen molar-refractivity contribution in [3.05, 3.63) is 40.4 Å². The molecule has 37 heavy (non-hydrogen) atoms. The van der Waals surface area contributed by atoms with Crippen LogP contribution < -0.4 is 14.8 Å². The molecule has 2 heterocycles. The van der Waals surface area contributed by atoms with Crippen molar-refractivity contribution < 1.29 is 23.8 Å². The monoisotopic (exact) mass is 547 g/mol. The van der Waals surface area contributed by atoms with Gasteiger partial charge in [0.05, 0.1) is 22.4 Å². The first-order chi connectivity index (χ1) is 17.6. The van der Waals surface area contributed by atoms with Crippen LogP contribution in [-0.4, -0.2) is 53.2 Å². The Bertz CT molecular complexity index is 1140. The van der Waals surface area contributed by atoms with Crippen LogP contribution in [0.5, 0.6) is 16.7 Å². The van der Waals surface area contributed by atoms with Gasteiger partial charge < -0.3 is 24.4 Å².